The van der Waals surface area contributed by atoms with E-state index in [9.17, 15) is 4.79 Å². The van der Waals surface area contributed by atoms with Crippen LogP contribution in [0.5, 0.6) is 11.5 Å². The number of rotatable bonds is 6. The summed E-state index contributed by atoms with van der Waals surface area (Å²) in [5.74, 6) is 2.91. The number of carbonyl (C=O) groups excluding carboxylic acids is 1. The van der Waals surface area contributed by atoms with Gasteiger partial charge in [-0.3, -0.25) is 9.69 Å². The quantitative estimate of drug-likeness (QED) is 0.819. The van der Waals surface area contributed by atoms with E-state index in [0.29, 0.717) is 13.2 Å². The summed E-state index contributed by atoms with van der Waals surface area (Å²) in [5, 5.41) is 3.16. The molecule has 2 heterocycles. The van der Waals surface area contributed by atoms with Crippen LogP contribution in [0.4, 0.5) is 0 Å². The highest BCUT2D eigenvalue weighted by atomic mass is 16.5. The first-order chi connectivity index (χ1) is 14.2. The number of likely N-dealkylation sites (tertiary alicyclic amines) is 1. The van der Waals surface area contributed by atoms with E-state index >= 15 is 0 Å². The Morgan fingerprint density at radius 3 is 2.72 bits per heavy atom. The highest BCUT2D eigenvalue weighted by Crippen LogP contribution is 2.48. The molecule has 2 fully saturated rings. The number of hydrogen-bond donors (Lipinski definition) is 1. The maximum Gasteiger partial charge on any atom is 0.225 e. The van der Waals surface area contributed by atoms with Crippen molar-refractivity contribution in [2.75, 3.05) is 26.8 Å². The number of para-hydroxylation sites is 1. The van der Waals surface area contributed by atoms with Gasteiger partial charge in [-0.2, -0.15) is 0 Å². The van der Waals surface area contributed by atoms with Crippen molar-refractivity contribution >= 4 is 5.91 Å². The summed E-state index contributed by atoms with van der Waals surface area (Å²) < 4.78 is 11.3. The molecule has 2 aliphatic heterocycles. The van der Waals surface area contributed by atoms with Crippen LogP contribution in [0.2, 0.25) is 0 Å². The lowest BCUT2D eigenvalue weighted by atomic mass is 9.85. The summed E-state index contributed by atoms with van der Waals surface area (Å²) in [4.78, 5) is 15.7. The van der Waals surface area contributed by atoms with Gasteiger partial charge in [0.1, 0.15) is 11.5 Å². The third-order valence-electron chi connectivity index (χ3n) is 6.57. The van der Waals surface area contributed by atoms with Gasteiger partial charge in [-0.25, -0.2) is 0 Å². The van der Waals surface area contributed by atoms with E-state index in [-0.39, 0.29) is 23.8 Å². The first-order valence-corrected chi connectivity index (χ1v) is 10.6. The number of amides is 1. The van der Waals surface area contributed by atoms with Crippen molar-refractivity contribution in [1.29, 1.82) is 0 Å². The Balaban J connectivity index is 1.31. The number of benzene rings is 2. The van der Waals surface area contributed by atoms with Crippen LogP contribution >= 0.6 is 0 Å². The van der Waals surface area contributed by atoms with Gasteiger partial charge in [-0.1, -0.05) is 30.3 Å². The second-order valence-corrected chi connectivity index (χ2v) is 8.53. The number of ether oxygens (including phenoxy) is 2. The molecule has 152 valence electrons. The van der Waals surface area contributed by atoms with Gasteiger partial charge in [0.15, 0.2) is 0 Å². The summed E-state index contributed by atoms with van der Waals surface area (Å²) in [6, 6.07) is 16.5. The van der Waals surface area contributed by atoms with Crippen LogP contribution in [0.15, 0.2) is 48.5 Å². The van der Waals surface area contributed by atoms with E-state index < -0.39 is 0 Å². The molecule has 1 saturated carbocycles. The molecule has 0 radical (unpaired) electrons. The molecule has 0 unspecified atom stereocenters. The summed E-state index contributed by atoms with van der Waals surface area (Å²) in [6.07, 6.45) is 2.64. The van der Waals surface area contributed by atoms with Gasteiger partial charge in [-0.15, -0.1) is 0 Å². The molecular formula is C24H28N2O3. The summed E-state index contributed by atoms with van der Waals surface area (Å²) in [6.45, 7) is 3.07. The van der Waals surface area contributed by atoms with Crippen LogP contribution in [0.3, 0.4) is 0 Å². The third kappa shape index (κ3) is 3.71. The Bertz CT molecular complexity index is 878. The number of hydrogen-bond acceptors (Lipinski definition) is 4. The predicted octanol–water partition coefficient (Wildman–Crippen LogP) is 3.40. The molecule has 1 aliphatic carbocycles. The van der Waals surface area contributed by atoms with Gasteiger partial charge in [0, 0.05) is 37.2 Å². The van der Waals surface area contributed by atoms with Crippen LogP contribution in [0.25, 0.3) is 0 Å². The average Bonchev–Trinajstić information content (AvgIpc) is 3.51. The molecule has 0 bridgehead atoms. The minimum absolute atomic E-state index is 0.0367. The average molecular weight is 392 g/mol. The zero-order valence-electron chi connectivity index (χ0n) is 16.8. The van der Waals surface area contributed by atoms with Gasteiger partial charge in [0.2, 0.25) is 5.91 Å². The SMILES string of the molecule is COc1ccc(CNC(=O)[C@@H]2CN(CC3CC3)[C@H]3c4ccccc4OC[C@@H]23)cc1. The summed E-state index contributed by atoms with van der Waals surface area (Å²) in [7, 11) is 1.66. The molecule has 2 aromatic rings. The second-order valence-electron chi connectivity index (χ2n) is 8.53. The van der Waals surface area contributed by atoms with E-state index in [1.807, 2.05) is 30.3 Å². The van der Waals surface area contributed by atoms with Gasteiger partial charge in [0.05, 0.1) is 19.6 Å². The molecular weight excluding hydrogens is 364 g/mol. The molecule has 3 aliphatic rings. The number of nitrogens with one attached hydrogen (secondary N) is 1. The normalized spacial score (nSPS) is 25.6. The molecule has 1 saturated heterocycles. The molecule has 3 atom stereocenters. The van der Waals surface area contributed by atoms with Crippen LogP contribution in [0.1, 0.15) is 30.0 Å². The zero-order valence-corrected chi connectivity index (χ0v) is 16.8. The van der Waals surface area contributed by atoms with Crippen LogP contribution in [-0.2, 0) is 11.3 Å². The van der Waals surface area contributed by atoms with Crippen molar-refractivity contribution in [3.8, 4) is 11.5 Å². The number of nitrogens with zero attached hydrogens (tertiary/aromatic N) is 1. The van der Waals surface area contributed by atoms with E-state index in [1.54, 1.807) is 7.11 Å². The highest BCUT2D eigenvalue weighted by Gasteiger charge is 2.49. The zero-order chi connectivity index (χ0) is 19.8. The van der Waals surface area contributed by atoms with E-state index in [4.69, 9.17) is 9.47 Å². The molecule has 1 N–H and O–H groups in total. The van der Waals surface area contributed by atoms with Crippen molar-refractivity contribution in [2.24, 2.45) is 17.8 Å². The lowest BCUT2D eigenvalue weighted by Gasteiger charge is -2.34. The van der Waals surface area contributed by atoms with Crippen LogP contribution in [-0.4, -0.2) is 37.6 Å². The minimum Gasteiger partial charge on any atom is -0.497 e. The molecule has 2 aromatic carbocycles. The summed E-state index contributed by atoms with van der Waals surface area (Å²) in [5.41, 5.74) is 2.32. The Morgan fingerprint density at radius 1 is 1.17 bits per heavy atom. The minimum atomic E-state index is -0.0367. The van der Waals surface area contributed by atoms with Gasteiger partial charge >= 0.3 is 0 Å². The fraction of sp³-hybridized carbons (Fsp3) is 0.458. The van der Waals surface area contributed by atoms with Crippen molar-refractivity contribution in [2.45, 2.75) is 25.4 Å². The Labute approximate surface area is 172 Å². The Hall–Kier alpha value is -2.53. The van der Waals surface area contributed by atoms with Gasteiger partial charge in [-0.05, 0) is 42.5 Å². The summed E-state index contributed by atoms with van der Waals surface area (Å²) >= 11 is 0. The third-order valence-corrected chi connectivity index (χ3v) is 6.57. The van der Waals surface area contributed by atoms with Crippen molar-refractivity contribution in [1.82, 2.24) is 10.2 Å². The van der Waals surface area contributed by atoms with Crippen LogP contribution in [0, 0.1) is 17.8 Å². The lowest BCUT2D eigenvalue weighted by molar-refractivity contribution is -0.126. The molecule has 5 nitrogen and oxygen atoms in total. The maximum atomic E-state index is 13.1. The van der Waals surface area contributed by atoms with E-state index in [0.717, 1.165) is 36.1 Å². The topological polar surface area (TPSA) is 50.8 Å². The fourth-order valence-corrected chi connectivity index (χ4v) is 4.83. The standard InChI is InChI=1S/C24H28N2O3/c1-28-18-10-8-16(9-11-18)12-25-24(27)20-14-26(13-17-6-7-17)23-19-4-2-3-5-22(19)29-15-21(20)23/h2-5,8-11,17,20-21,23H,6-7,12-15H2,1H3,(H,25,27)/t20-,21+,23+/m1/s1. The molecule has 5 rings (SSSR count). The highest BCUT2D eigenvalue weighted by molar-refractivity contribution is 5.80. The number of methoxy groups -OCH3 is 1. The second kappa shape index (κ2) is 7.71. The predicted molar refractivity (Wildman–Crippen MR) is 111 cm³/mol. The first-order valence-electron chi connectivity index (χ1n) is 10.6. The van der Waals surface area contributed by atoms with Gasteiger partial charge in [0.25, 0.3) is 0 Å². The molecule has 29 heavy (non-hydrogen) atoms. The van der Waals surface area contributed by atoms with Crippen molar-refractivity contribution in [3.05, 3.63) is 59.7 Å². The fourth-order valence-electron chi connectivity index (χ4n) is 4.83. The molecule has 1 amide bonds. The molecule has 5 heteroatoms. The van der Waals surface area contributed by atoms with Crippen molar-refractivity contribution in [3.63, 3.8) is 0 Å². The Kier molecular flexibility index (Phi) is 4.92. The number of carbonyl (C=O) groups is 1. The molecule has 0 spiro atoms. The van der Waals surface area contributed by atoms with Gasteiger partial charge < -0.3 is 14.8 Å². The Morgan fingerprint density at radius 2 is 1.97 bits per heavy atom. The largest absolute Gasteiger partial charge is 0.497 e. The van der Waals surface area contributed by atoms with Crippen LogP contribution < -0.4 is 14.8 Å². The number of fused-ring (bicyclic) bond motifs is 3. The first kappa shape index (κ1) is 18.5. The maximum absolute atomic E-state index is 13.1. The smallest absolute Gasteiger partial charge is 0.225 e. The monoisotopic (exact) mass is 392 g/mol. The lowest BCUT2D eigenvalue weighted by Crippen LogP contribution is -2.37. The van der Waals surface area contributed by atoms with Crippen molar-refractivity contribution < 1.29 is 14.3 Å². The molecule has 0 aromatic heterocycles. The van der Waals surface area contributed by atoms with E-state index in [1.165, 1.54) is 18.4 Å². The van der Waals surface area contributed by atoms with E-state index in [2.05, 4.69) is 28.4 Å².